The molecule has 0 spiro atoms. The summed E-state index contributed by atoms with van der Waals surface area (Å²) in [5.41, 5.74) is 6.14. The molecule has 0 amide bonds. The third-order valence-electron chi connectivity index (χ3n) is 1.21. The van der Waals surface area contributed by atoms with Crippen molar-refractivity contribution in [2.45, 2.75) is 0 Å². The molecular weight excluding hydrogens is 152 g/mol. The number of aldehydes is 1. The van der Waals surface area contributed by atoms with Crippen LogP contribution in [-0.4, -0.2) is 17.8 Å². The summed E-state index contributed by atoms with van der Waals surface area (Å²) in [5.74, 6) is 5.39. The number of pyridine rings is 1. The van der Waals surface area contributed by atoms with Gasteiger partial charge in [0.05, 0.1) is 6.54 Å². The van der Waals surface area contributed by atoms with E-state index in [1.807, 2.05) is 0 Å². The lowest BCUT2D eigenvalue weighted by atomic mass is 10.3. The van der Waals surface area contributed by atoms with Crippen molar-refractivity contribution in [3.63, 3.8) is 0 Å². The Morgan fingerprint density at radius 3 is 3.08 bits per heavy atom. The normalized spacial score (nSPS) is 8.42. The lowest BCUT2D eigenvalue weighted by Crippen LogP contribution is -1.94. The second-order valence-electron chi connectivity index (χ2n) is 2.07. The maximum absolute atomic E-state index is 10.3. The van der Waals surface area contributed by atoms with Gasteiger partial charge in [0.2, 0.25) is 0 Å². The van der Waals surface area contributed by atoms with Gasteiger partial charge in [0.25, 0.3) is 0 Å². The molecule has 1 aromatic heterocycles. The lowest BCUT2D eigenvalue weighted by Gasteiger charge is -1.89. The Morgan fingerprint density at radius 2 is 2.42 bits per heavy atom. The van der Waals surface area contributed by atoms with Crippen molar-refractivity contribution in [3.05, 3.63) is 29.6 Å². The first kappa shape index (κ1) is 8.44. The molecule has 0 aliphatic heterocycles. The molecule has 0 saturated carbocycles. The molecule has 12 heavy (non-hydrogen) atoms. The minimum Gasteiger partial charge on any atom is -0.320 e. The van der Waals surface area contributed by atoms with E-state index in [2.05, 4.69) is 16.8 Å². The van der Waals surface area contributed by atoms with Gasteiger partial charge in [-0.2, -0.15) is 0 Å². The molecule has 0 fully saturated rings. The minimum absolute atomic E-state index is 0.299. The van der Waals surface area contributed by atoms with Gasteiger partial charge < -0.3 is 5.73 Å². The number of nitrogens with zero attached hydrogens (tertiary/aromatic N) is 1. The predicted octanol–water partition coefficient (Wildman–Crippen LogP) is 0.204. The number of aromatic nitrogens is 1. The summed E-state index contributed by atoms with van der Waals surface area (Å²) < 4.78 is 0. The highest BCUT2D eigenvalue weighted by molar-refractivity contribution is 5.71. The first-order chi connectivity index (χ1) is 5.86. The van der Waals surface area contributed by atoms with Gasteiger partial charge in [-0.15, -0.1) is 0 Å². The highest BCUT2D eigenvalue weighted by atomic mass is 16.1. The summed E-state index contributed by atoms with van der Waals surface area (Å²) in [6.07, 6.45) is 0.688. The molecule has 3 nitrogen and oxygen atoms in total. The zero-order valence-electron chi connectivity index (χ0n) is 6.45. The van der Waals surface area contributed by atoms with Crippen LogP contribution in [0.2, 0.25) is 0 Å². The van der Waals surface area contributed by atoms with Gasteiger partial charge in [-0.25, -0.2) is 4.98 Å². The van der Waals surface area contributed by atoms with E-state index in [1.165, 1.54) is 0 Å². The van der Waals surface area contributed by atoms with E-state index in [1.54, 1.807) is 18.2 Å². The largest absolute Gasteiger partial charge is 0.320 e. The van der Waals surface area contributed by atoms with Crippen LogP contribution in [0.4, 0.5) is 0 Å². The van der Waals surface area contributed by atoms with Gasteiger partial charge in [0, 0.05) is 0 Å². The van der Waals surface area contributed by atoms with Crippen LogP contribution in [0.15, 0.2) is 18.2 Å². The number of carbonyl (C=O) groups excluding carboxylic acids is 1. The van der Waals surface area contributed by atoms with E-state index in [4.69, 9.17) is 5.73 Å². The maximum atomic E-state index is 10.3. The van der Waals surface area contributed by atoms with Crippen molar-refractivity contribution in [1.82, 2.24) is 4.98 Å². The van der Waals surface area contributed by atoms with Crippen molar-refractivity contribution in [3.8, 4) is 11.8 Å². The molecule has 2 N–H and O–H groups in total. The first-order valence-corrected chi connectivity index (χ1v) is 3.48. The molecule has 0 radical (unpaired) electrons. The minimum atomic E-state index is 0.299. The van der Waals surface area contributed by atoms with Gasteiger partial charge in [0.1, 0.15) is 11.4 Å². The molecule has 0 aliphatic carbocycles. The third-order valence-corrected chi connectivity index (χ3v) is 1.21. The van der Waals surface area contributed by atoms with Crippen molar-refractivity contribution < 1.29 is 4.79 Å². The molecule has 60 valence electrons. The monoisotopic (exact) mass is 160 g/mol. The van der Waals surface area contributed by atoms with E-state index in [0.717, 1.165) is 0 Å². The molecule has 3 heteroatoms. The summed E-state index contributed by atoms with van der Waals surface area (Å²) in [7, 11) is 0. The zero-order chi connectivity index (χ0) is 8.81. The van der Waals surface area contributed by atoms with Crippen LogP contribution in [0.5, 0.6) is 0 Å². The average Bonchev–Trinajstić information content (AvgIpc) is 2.15. The van der Waals surface area contributed by atoms with Gasteiger partial charge in [0.15, 0.2) is 6.29 Å². The number of carbonyl (C=O) groups is 1. The summed E-state index contributed by atoms with van der Waals surface area (Å²) >= 11 is 0. The van der Waals surface area contributed by atoms with E-state index in [0.29, 0.717) is 24.2 Å². The fourth-order valence-corrected chi connectivity index (χ4v) is 0.728. The van der Waals surface area contributed by atoms with E-state index < -0.39 is 0 Å². The van der Waals surface area contributed by atoms with Crippen LogP contribution in [0.3, 0.4) is 0 Å². The Bertz CT molecular complexity index is 336. The summed E-state index contributed by atoms with van der Waals surface area (Å²) in [6.45, 7) is 0.299. The highest BCUT2D eigenvalue weighted by Crippen LogP contribution is 1.94. The molecule has 0 unspecified atom stereocenters. The van der Waals surface area contributed by atoms with Crippen LogP contribution in [-0.2, 0) is 0 Å². The highest BCUT2D eigenvalue weighted by Gasteiger charge is 1.91. The van der Waals surface area contributed by atoms with Crippen molar-refractivity contribution >= 4 is 6.29 Å². The molecular formula is C9H8N2O. The lowest BCUT2D eigenvalue weighted by molar-refractivity contribution is 0.111. The predicted molar refractivity (Wildman–Crippen MR) is 45.6 cm³/mol. The molecule has 1 heterocycles. The quantitative estimate of drug-likeness (QED) is 0.471. The zero-order valence-corrected chi connectivity index (χ0v) is 6.45. The van der Waals surface area contributed by atoms with Crippen molar-refractivity contribution in [2.24, 2.45) is 5.73 Å². The van der Waals surface area contributed by atoms with Crippen LogP contribution < -0.4 is 5.73 Å². The standard InChI is InChI=1S/C9H8N2O/c10-6-2-5-8-3-1-4-9(7-12)11-8/h1,3-4,7H,6,10H2. The molecule has 0 bridgehead atoms. The smallest absolute Gasteiger partial charge is 0.168 e. The van der Waals surface area contributed by atoms with Crippen molar-refractivity contribution in [1.29, 1.82) is 0 Å². The summed E-state index contributed by atoms with van der Waals surface area (Å²) in [6, 6.07) is 5.09. The molecule has 1 rings (SSSR count). The molecule has 1 aromatic rings. The second kappa shape index (κ2) is 4.27. The van der Waals surface area contributed by atoms with Gasteiger partial charge in [-0.3, -0.25) is 4.79 Å². The van der Waals surface area contributed by atoms with E-state index >= 15 is 0 Å². The third kappa shape index (κ3) is 2.19. The molecule has 0 saturated heterocycles. The Labute approximate surface area is 70.6 Å². The average molecular weight is 160 g/mol. The first-order valence-electron chi connectivity index (χ1n) is 3.48. The second-order valence-corrected chi connectivity index (χ2v) is 2.07. The van der Waals surface area contributed by atoms with Gasteiger partial charge in [-0.1, -0.05) is 12.0 Å². The SMILES string of the molecule is NCC#Cc1cccc(C=O)n1. The Morgan fingerprint density at radius 1 is 1.58 bits per heavy atom. The van der Waals surface area contributed by atoms with Gasteiger partial charge in [-0.05, 0) is 18.1 Å². The van der Waals surface area contributed by atoms with Crippen molar-refractivity contribution in [2.75, 3.05) is 6.54 Å². The maximum Gasteiger partial charge on any atom is 0.168 e. The Balaban J connectivity index is 2.93. The summed E-state index contributed by atoms with van der Waals surface area (Å²) in [4.78, 5) is 14.2. The number of hydrogen-bond acceptors (Lipinski definition) is 3. The summed E-state index contributed by atoms with van der Waals surface area (Å²) in [5, 5.41) is 0. The van der Waals surface area contributed by atoms with Crippen LogP contribution in [0.25, 0.3) is 0 Å². The van der Waals surface area contributed by atoms with Crippen LogP contribution >= 0.6 is 0 Å². The fraction of sp³-hybridized carbons (Fsp3) is 0.111. The van der Waals surface area contributed by atoms with E-state index in [9.17, 15) is 4.79 Å². The Kier molecular flexibility index (Phi) is 3.00. The van der Waals surface area contributed by atoms with E-state index in [-0.39, 0.29) is 0 Å². The van der Waals surface area contributed by atoms with Crippen LogP contribution in [0.1, 0.15) is 16.2 Å². The topological polar surface area (TPSA) is 56.0 Å². The molecule has 0 aliphatic rings. The molecule has 0 atom stereocenters. The number of rotatable bonds is 1. The van der Waals surface area contributed by atoms with Crippen LogP contribution in [0, 0.1) is 11.8 Å². The van der Waals surface area contributed by atoms with Gasteiger partial charge >= 0.3 is 0 Å². The Hall–Kier alpha value is -1.66. The number of nitrogens with two attached hydrogens (primary N) is 1. The fourth-order valence-electron chi connectivity index (χ4n) is 0.728. The number of hydrogen-bond donors (Lipinski definition) is 1. The molecule has 0 aromatic carbocycles.